The van der Waals surface area contributed by atoms with Crippen LogP contribution in [0.5, 0.6) is 11.5 Å². The lowest BCUT2D eigenvalue weighted by Gasteiger charge is -2.27. The van der Waals surface area contributed by atoms with Crippen molar-refractivity contribution in [2.24, 2.45) is 0 Å². The molecule has 0 unspecified atom stereocenters. The van der Waals surface area contributed by atoms with Gasteiger partial charge < -0.3 is 14.6 Å². The van der Waals surface area contributed by atoms with Crippen LogP contribution in [0.1, 0.15) is 30.4 Å². The van der Waals surface area contributed by atoms with Crippen LogP contribution in [0.25, 0.3) is 5.57 Å². The van der Waals surface area contributed by atoms with Crippen LogP contribution >= 0.6 is 0 Å². The Bertz CT molecular complexity index is 917. The molecule has 152 valence electrons. The van der Waals surface area contributed by atoms with Crippen LogP contribution in [0.15, 0.2) is 48.0 Å². The van der Waals surface area contributed by atoms with Gasteiger partial charge in [-0.2, -0.15) is 0 Å². The predicted molar refractivity (Wildman–Crippen MR) is 108 cm³/mol. The zero-order chi connectivity index (χ0) is 20.2. The Kier molecular flexibility index (Phi) is 5.81. The third kappa shape index (κ3) is 4.59. The number of likely N-dealkylation sites (tertiary alicyclic amines) is 1. The molecule has 0 aliphatic carbocycles. The lowest BCUT2D eigenvalue weighted by molar-refractivity contribution is -0.137. The molecule has 1 N–H and O–H groups in total. The number of fused-ring (bicyclic) bond motifs is 1. The van der Waals surface area contributed by atoms with Crippen molar-refractivity contribution in [3.8, 4) is 11.5 Å². The van der Waals surface area contributed by atoms with Crippen molar-refractivity contribution in [1.82, 2.24) is 4.90 Å². The number of carboxylic acid groups (broad SMARTS) is 1. The van der Waals surface area contributed by atoms with E-state index in [2.05, 4.69) is 4.90 Å². The van der Waals surface area contributed by atoms with Crippen LogP contribution in [0.3, 0.4) is 0 Å². The first-order valence-electron chi connectivity index (χ1n) is 9.92. The topological polar surface area (TPSA) is 59.0 Å². The van der Waals surface area contributed by atoms with Gasteiger partial charge in [-0.05, 0) is 73.0 Å². The molecular formula is C23H24FNO4. The molecule has 0 atom stereocenters. The summed E-state index contributed by atoms with van der Waals surface area (Å²) in [5, 5.41) is 8.82. The van der Waals surface area contributed by atoms with Crippen LogP contribution in [-0.4, -0.2) is 48.8 Å². The Hall–Kier alpha value is -2.86. The molecule has 0 saturated carbocycles. The van der Waals surface area contributed by atoms with Gasteiger partial charge in [0.25, 0.3) is 0 Å². The van der Waals surface area contributed by atoms with Crippen LogP contribution in [0.2, 0.25) is 0 Å². The van der Waals surface area contributed by atoms with Crippen molar-refractivity contribution < 1.29 is 23.8 Å². The largest absolute Gasteiger partial charge is 0.493 e. The second-order valence-corrected chi connectivity index (χ2v) is 7.41. The van der Waals surface area contributed by atoms with E-state index < -0.39 is 5.97 Å². The van der Waals surface area contributed by atoms with Gasteiger partial charge in [-0.3, -0.25) is 9.69 Å². The molecule has 4 rings (SSSR count). The first-order chi connectivity index (χ1) is 14.1. The maximum absolute atomic E-state index is 13.5. The van der Waals surface area contributed by atoms with Gasteiger partial charge in [-0.15, -0.1) is 0 Å². The van der Waals surface area contributed by atoms with E-state index in [0.717, 1.165) is 47.7 Å². The SMILES string of the molecule is O=C(O)CCOc1ccc2c(c1)C(c1ccc(F)cc1)=C(CN1CCCC1)CO2. The summed E-state index contributed by atoms with van der Waals surface area (Å²) in [6, 6.07) is 12.1. The molecule has 1 fully saturated rings. The average molecular weight is 397 g/mol. The first-order valence-corrected chi connectivity index (χ1v) is 9.92. The number of rotatable bonds is 7. The summed E-state index contributed by atoms with van der Waals surface area (Å²) in [6.07, 6.45) is 2.35. The molecule has 2 aliphatic rings. The van der Waals surface area contributed by atoms with Crippen molar-refractivity contribution in [1.29, 1.82) is 0 Å². The highest BCUT2D eigenvalue weighted by Crippen LogP contribution is 2.40. The van der Waals surface area contributed by atoms with E-state index in [1.165, 1.54) is 25.0 Å². The molecule has 2 aromatic rings. The van der Waals surface area contributed by atoms with Gasteiger partial charge in [-0.1, -0.05) is 12.1 Å². The summed E-state index contributed by atoms with van der Waals surface area (Å²) in [6.45, 7) is 3.56. The molecule has 5 nitrogen and oxygen atoms in total. The lowest BCUT2D eigenvalue weighted by atomic mass is 9.90. The van der Waals surface area contributed by atoms with Crippen molar-refractivity contribution in [2.45, 2.75) is 19.3 Å². The molecule has 0 radical (unpaired) electrons. The number of hydrogen-bond acceptors (Lipinski definition) is 4. The zero-order valence-corrected chi connectivity index (χ0v) is 16.2. The average Bonchev–Trinajstić information content (AvgIpc) is 3.21. The molecule has 0 amide bonds. The van der Waals surface area contributed by atoms with Crippen LogP contribution in [-0.2, 0) is 4.79 Å². The van der Waals surface area contributed by atoms with E-state index in [1.54, 1.807) is 18.2 Å². The Morgan fingerprint density at radius 1 is 1.14 bits per heavy atom. The number of carbonyl (C=O) groups is 1. The van der Waals surface area contributed by atoms with Gasteiger partial charge in [0.2, 0.25) is 0 Å². The van der Waals surface area contributed by atoms with Crippen molar-refractivity contribution >= 4 is 11.5 Å². The third-order valence-electron chi connectivity index (χ3n) is 5.31. The molecule has 2 aliphatic heterocycles. The number of halogens is 1. The second kappa shape index (κ2) is 8.66. The number of aliphatic carboxylic acids is 1. The Morgan fingerprint density at radius 2 is 1.90 bits per heavy atom. The van der Waals surface area contributed by atoms with E-state index in [9.17, 15) is 9.18 Å². The maximum Gasteiger partial charge on any atom is 0.306 e. The molecule has 0 bridgehead atoms. The minimum Gasteiger partial charge on any atom is -0.493 e. The van der Waals surface area contributed by atoms with Gasteiger partial charge >= 0.3 is 5.97 Å². The molecule has 0 aromatic heterocycles. The van der Waals surface area contributed by atoms with E-state index in [-0.39, 0.29) is 18.8 Å². The fraction of sp³-hybridized carbons (Fsp3) is 0.348. The van der Waals surface area contributed by atoms with Crippen LogP contribution in [0.4, 0.5) is 4.39 Å². The zero-order valence-electron chi connectivity index (χ0n) is 16.2. The number of hydrogen-bond donors (Lipinski definition) is 1. The summed E-state index contributed by atoms with van der Waals surface area (Å²) in [4.78, 5) is 13.2. The highest BCUT2D eigenvalue weighted by molar-refractivity contribution is 5.87. The summed E-state index contributed by atoms with van der Waals surface area (Å²) in [5.41, 5.74) is 4.04. The number of nitrogens with zero attached hydrogens (tertiary/aromatic N) is 1. The van der Waals surface area contributed by atoms with E-state index in [1.807, 2.05) is 12.1 Å². The second-order valence-electron chi connectivity index (χ2n) is 7.41. The molecule has 1 saturated heterocycles. The van der Waals surface area contributed by atoms with Crippen molar-refractivity contribution in [3.05, 3.63) is 65.0 Å². The fourth-order valence-corrected chi connectivity index (χ4v) is 3.92. The Morgan fingerprint density at radius 3 is 2.62 bits per heavy atom. The van der Waals surface area contributed by atoms with Crippen molar-refractivity contribution in [3.63, 3.8) is 0 Å². The van der Waals surface area contributed by atoms with E-state index in [4.69, 9.17) is 14.6 Å². The van der Waals surface area contributed by atoms with Gasteiger partial charge in [0.15, 0.2) is 0 Å². The van der Waals surface area contributed by atoms with E-state index in [0.29, 0.717) is 12.4 Å². The van der Waals surface area contributed by atoms with Crippen molar-refractivity contribution in [2.75, 3.05) is 32.8 Å². The van der Waals surface area contributed by atoms with Gasteiger partial charge in [0.05, 0.1) is 13.0 Å². The quantitative estimate of drug-likeness (QED) is 0.766. The lowest BCUT2D eigenvalue weighted by Crippen LogP contribution is -2.26. The standard InChI is InChI=1S/C23H24FNO4/c24-18-5-3-16(4-6-18)23-17(14-25-10-1-2-11-25)15-29-21-8-7-19(13-20(21)23)28-12-9-22(26)27/h3-8,13H,1-2,9-12,14-15H2,(H,26,27). The Balaban J connectivity index is 1.70. The van der Waals surface area contributed by atoms with E-state index >= 15 is 0 Å². The normalized spacial score (nSPS) is 16.4. The molecule has 0 spiro atoms. The van der Waals surface area contributed by atoms with Gasteiger partial charge in [0, 0.05) is 12.1 Å². The summed E-state index contributed by atoms with van der Waals surface area (Å²) in [5.74, 6) is 0.176. The molecule has 6 heteroatoms. The smallest absolute Gasteiger partial charge is 0.306 e. The summed E-state index contributed by atoms with van der Waals surface area (Å²) >= 11 is 0. The molecule has 29 heavy (non-hydrogen) atoms. The summed E-state index contributed by atoms with van der Waals surface area (Å²) in [7, 11) is 0. The maximum atomic E-state index is 13.5. The number of benzene rings is 2. The fourth-order valence-electron chi connectivity index (χ4n) is 3.92. The molecule has 2 heterocycles. The number of ether oxygens (including phenoxy) is 2. The highest BCUT2D eigenvalue weighted by atomic mass is 19.1. The molecular weight excluding hydrogens is 373 g/mol. The third-order valence-corrected chi connectivity index (χ3v) is 5.31. The number of carboxylic acids is 1. The monoisotopic (exact) mass is 397 g/mol. The summed E-state index contributed by atoms with van der Waals surface area (Å²) < 4.78 is 25.2. The minimum atomic E-state index is -0.897. The van der Waals surface area contributed by atoms with Crippen LogP contribution in [0, 0.1) is 5.82 Å². The van der Waals surface area contributed by atoms with Gasteiger partial charge in [0.1, 0.15) is 23.9 Å². The molecule has 2 aromatic carbocycles. The Labute approximate surface area is 169 Å². The van der Waals surface area contributed by atoms with Gasteiger partial charge in [-0.25, -0.2) is 4.39 Å². The first kappa shape index (κ1) is 19.5. The van der Waals surface area contributed by atoms with Crippen LogP contribution < -0.4 is 9.47 Å². The predicted octanol–water partition coefficient (Wildman–Crippen LogP) is 3.97. The minimum absolute atomic E-state index is 0.0611. The highest BCUT2D eigenvalue weighted by Gasteiger charge is 2.25.